The van der Waals surface area contributed by atoms with Crippen LogP contribution in [-0.2, 0) is 0 Å². The molecule has 0 rings (SSSR count). The van der Waals surface area contributed by atoms with Gasteiger partial charge >= 0.3 is 0 Å². The van der Waals surface area contributed by atoms with Crippen LogP contribution in [-0.4, -0.2) is 5.25 Å². The van der Waals surface area contributed by atoms with Crippen LogP contribution in [0.1, 0.15) is 33.1 Å². The van der Waals surface area contributed by atoms with E-state index in [9.17, 15) is 0 Å². The Labute approximate surface area is 75.8 Å². The van der Waals surface area contributed by atoms with E-state index in [2.05, 4.69) is 39.6 Å². The maximum absolute atomic E-state index is 4.44. The molecule has 0 aliphatic heterocycles. The molecule has 64 valence electrons. The predicted molar refractivity (Wildman–Crippen MR) is 56.3 cm³/mol. The zero-order valence-electron chi connectivity index (χ0n) is 7.56. The Morgan fingerprint density at radius 2 is 1.82 bits per heavy atom. The molecule has 0 saturated carbocycles. The Morgan fingerprint density at radius 1 is 1.27 bits per heavy atom. The maximum atomic E-state index is 4.44. The largest absolute Gasteiger partial charge is 0.171 e. The van der Waals surface area contributed by atoms with Crippen molar-refractivity contribution in [3.63, 3.8) is 0 Å². The number of allylic oxidation sites excluding steroid dienone is 1. The first-order valence-electron chi connectivity index (χ1n) is 4.14. The highest BCUT2D eigenvalue weighted by atomic mass is 32.1. The van der Waals surface area contributed by atoms with Crippen LogP contribution in [0.4, 0.5) is 0 Å². The van der Waals surface area contributed by atoms with E-state index in [1.807, 2.05) is 0 Å². The second-order valence-corrected chi connectivity index (χ2v) is 3.46. The Hall–Kier alpha value is -0.170. The fraction of sp³-hybridized carbons (Fsp3) is 0.600. The Morgan fingerprint density at radius 3 is 2.18 bits per heavy atom. The molecule has 0 aromatic heterocycles. The molecule has 0 aromatic rings. The highest BCUT2D eigenvalue weighted by molar-refractivity contribution is 7.81. The van der Waals surface area contributed by atoms with Gasteiger partial charge in [0.05, 0.1) is 0 Å². The molecule has 0 bridgehead atoms. The molecular weight excluding hydrogens is 152 g/mol. The third-order valence-corrected chi connectivity index (χ3v) is 2.46. The molecule has 0 radical (unpaired) electrons. The number of hydrogen-bond donors (Lipinski definition) is 1. The standard InChI is InChI=1S/C10H18S/c1-5-8(3)7-10(11)9(4)6-2/h10-11H,3-7H2,1-2H3. The Balaban J connectivity index is 3.77. The molecule has 0 saturated heterocycles. The van der Waals surface area contributed by atoms with Gasteiger partial charge in [0.15, 0.2) is 0 Å². The van der Waals surface area contributed by atoms with E-state index in [4.69, 9.17) is 0 Å². The van der Waals surface area contributed by atoms with Crippen molar-refractivity contribution < 1.29 is 0 Å². The third-order valence-electron chi connectivity index (χ3n) is 1.91. The van der Waals surface area contributed by atoms with Gasteiger partial charge in [0.1, 0.15) is 0 Å². The summed E-state index contributed by atoms with van der Waals surface area (Å²) in [5.74, 6) is 0. The molecule has 0 fully saturated rings. The Kier molecular flexibility index (Phi) is 5.39. The lowest BCUT2D eigenvalue weighted by Gasteiger charge is -2.12. The summed E-state index contributed by atoms with van der Waals surface area (Å²) < 4.78 is 0. The molecule has 0 nitrogen and oxygen atoms in total. The molecule has 1 unspecified atom stereocenters. The molecule has 0 heterocycles. The third kappa shape index (κ3) is 4.31. The van der Waals surface area contributed by atoms with Gasteiger partial charge in [-0.2, -0.15) is 12.6 Å². The minimum absolute atomic E-state index is 0.312. The van der Waals surface area contributed by atoms with Crippen LogP contribution >= 0.6 is 12.6 Å². The molecule has 0 N–H and O–H groups in total. The van der Waals surface area contributed by atoms with E-state index in [1.54, 1.807) is 0 Å². The average molecular weight is 170 g/mol. The molecule has 1 heteroatoms. The summed E-state index contributed by atoms with van der Waals surface area (Å²) >= 11 is 4.44. The van der Waals surface area contributed by atoms with Gasteiger partial charge in [-0.15, -0.1) is 0 Å². The molecule has 0 aliphatic carbocycles. The predicted octanol–water partition coefficient (Wildman–Crippen LogP) is 3.61. The van der Waals surface area contributed by atoms with E-state index >= 15 is 0 Å². The molecule has 1 atom stereocenters. The summed E-state index contributed by atoms with van der Waals surface area (Å²) in [6.07, 6.45) is 3.05. The lowest BCUT2D eigenvalue weighted by molar-refractivity contribution is 0.868. The highest BCUT2D eigenvalue weighted by Crippen LogP contribution is 2.19. The zero-order valence-corrected chi connectivity index (χ0v) is 8.45. The topological polar surface area (TPSA) is 0 Å². The summed E-state index contributed by atoms with van der Waals surface area (Å²) in [6.45, 7) is 12.1. The van der Waals surface area contributed by atoms with Gasteiger partial charge in [-0.25, -0.2) is 0 Å². The summed E-state index contributed by atoms with van der Waals surface area (Å²) in [5, 5.41) is 0.312. The summed E-state index contributed by atoms with van der Waals surface area (Å²) in [4.78, 5) is 0. The number of rotatable bonds is 5. The van der Waals surface area contributed by atoms with Crippen LogP contribution in [0.3, 0.4) is 0 Å². The van der Waals surface area contributed by atoms with Gasteiger partial charge in [-0.1, -0.05) is 38.2 Å². The van der Waals surface area contributed by atoms with Gasteiger partial charge < -0.3 is 0 Å². The second-order valence-electron chi connectivity index (χ2n) is 2.84. The molecule has 11 heavy (non-hydrogen) atoms. The van der Waals surface area contributed by atoms with E-state index in [0.29, 0.717) is 5.25 Å². The monoisotopic (exact) mass is 170 g/mol. The average Bonchev–Trinajstić information content (AvgIpc) is 2.02. The van der Waals surface area contributed by atoms with Crippen molar-refractivity contribution >= 4 is 12.6 Å². The van der Waals surface area contributed by atoms with Crippen molar-refractivity contribution in [2.75, 3.05) is 0 Å². The molecular formula is C10H18S. The van der Waals surface area contributed by atoms with E-state index < -0.39 is 0 Å². The SMILES string of the molecule is C=C(CC)CC(S)C(=C)CC. The maximum Gasteiger partial charge on any atom is 0.0260 e. The number of thiol groups is 1. The van der Waals surface area contributed by atoms with Crippen molar-refractivity contribution in [3.05, 3.63) is 24.3 Å². The first kappa shape index (κ1) is 10.8. The molecule has 0 amide bonds. The van der Waals surface area contributed by atoms with Crippen molar-refractivity contribution in [2.45, 2.75) is 38.4 Å². The summed E-state index contributed by atoms with van der Waals surface area (Å²) in [5.41, 5.74) is 2.47. The van der Waals surface area contributed by atoms with E-state index in [1.165, 1.54) is 11.1 Å². The van der Waals surface area contributed by atoms with Crippen molar-refractivity contribution in [3.8, 4) is 0 Å². The smallest absolute Gasteiger partial charge is 0.0260 e. The van der Waals surface area contributed by atoms with Gasteiger partial charge in [0.2, 0.25) is 0 Å². The fourth-order valence-electron chi connectivity index (χ4n) is 0.798. The summed E-state index contributed by atoms with van der Waals surface area (Å²) in [6, 6.07) is 0. The lowest BCUT2D eigenvalue weighted by atomic mass is 10.0. The van der Waals surface area contributed by atoms with E-state index in [0.717, 1.165) is 19.3 Å². The Bertz CT molecular complexity index is 147. The lowest BCUT2D eigenvalue weighted by Crippen LogP contribution is -2.02. The summed E-state index contributed by atoms with van der Waals surface area (Å²) in [7, 11) is 0. The molecule has 0 aromatic carbocycles. The van der Waals surface area contributed by atoms with Gasteiger partial charge in [-0.05, 0) is 19.3 Å². The fourth-order valence-corrected chi connectivity index (χ4v) is 1.24. The van der Waals surface area contributed by atoms with Crippen LogP contribution in [0, 0.1) is 0 Å². The van der Waals surface area contributed by atoms with Crippen molar-refractivity contribution in [1.29, 1.82) is 0 Å². The normalized spacial score (nSPS) is 12.6. The minimum Gasteiger partial charge on any atom is -0.171 e. The van der Waals surface area contributed by atoms with Crippen molar-refractivity contribution in [1.82, 2.24) is 0 Å². The van der Waals surface area contributed by atoms with Gasteiger partial charge in [0, 0.05) is 5.25 Å². The second kappa shape index (κ2) is 5.48. The van der Waals surface area contributed by atoms with Crippen LogP contribution in [0.25, 0.3) is 0 Å². The first-order valence-corrected chi connectivity index (χ1v) is 4.65. The number of hydrogen-bond acceptors (Lipinski definition) is 1. The van der Waals surface area contributed by atoms with Gasteiger partial charge in [0.25, 0.3) is 0 Å². The van der Waals surface area contributed by atoms with Crippen molar-refractivity contribution in [2.24, 2.45) is 0 Å². The quantitative estimate of drug-likeness (QED) is 0.473. The van der Waals surface area contributed by atoms with Crippen LogP contribution < -0.4 is 0 Å². The van der Waals surface area contributed by atoms with Crippen LogP contribution in [0.2, 0.25) is 0 Å². The van der Waals surface area contributed by atoms with Gasteiger partial charge in [-0.3, -0.25) is 0 Å². The van der Waals surface area contributed by atoms with Crippen LogP contribution in [0.15, 0.2) is 24.3 Å². The van der Waals surface area contributed by atoms with Crippen LogP contribution in [0.5, 0.6) is 0 Å². The molecule has 0 aliphatic rings. The van der Waals surface area contributed by atoms with E-state index in [-0.39, 0.29) is 0 Å². The molecule has 0 spiro atoms. The zero-order chi connectivity index (χ0) is 8.85. The first-order chi connectivity index (χ1) is 5.11. The highest BCUT2D eigenvalue weighted by Gasteiger charge is 2.06. The minimum atomic E-state index is 0.312.